The van der Waals surface area contributed by atoms with E-state index in [1.807, 2.05) is 0 Å². The normalized spacial score (nSPS) is 10.6. The Balaban J connectivity index is 2.55. The van der Waals surface area contributed by atoms with Crippen molar-refractivity contribution in [1.82, 2.24) is 25.9 Å². The minimum atomic E-state index is -0.366. The Bertz CT molecular complexity index is 479. The molecule has 1 N–H and O–H groups in total. The standard InChI is InChI=1S/C9H9FN5/c1-15-13-9(12-14-15)8-4-7(10)3-2-6(8)5-11/h2-4,11H,5H2,1H3. The van der Waals surface area contributed by atoms with E-state index >= 15 is 0 Å². The summed E-state index contributed by atoms with van der Waals surface area (Å²) in [5, 5.41) is 11.4. The molecule has 0 unspecified atom stereocenters. The van der Waals surface area contributed by atoms with Crippen molar-refractivity contribution >= 4 is 0 Å². The van der Waals surface area contributed by atoms with E-state index in [-0.39, 0.29) is 12.4 Å². The molecule has 0 bridgehead atoms. The quantitative estimate of drug-likeness (QED) is 0.729. The average Bonchev–Trinajstić information content (AvgIpc) is 2.65. The molecule has 1 aromatic heterocycles. The van der Waals surface area contributed by atoms with Crippen molar-refractivity contribution in [2.24, 2.45) is 7.05 Å². The lowest BCUT2D eigenvalue weighted by molar-refractivity contribution is 0.626. The molecule has 6 heteroatoms. The van der Waals surface area contributed by atoms with Gasteiger partial charge in [-0.15, -0.1) is 10.2 Å². The summed E-state index contributed by atoms with van der Waals surface area (Å²) < 4.78 is 13.0. The van der Waals surface area contributed by atoms with E-state index in [4.69, 9.17) is 5.73 Å². The van der Waals surface area contributed by atoms with Gasteiger partial charge in [0.1, 0.15) is 5.82 Å². The lowest BCUT2D eigenvalue weighted by Gasteiger charge is -2.02. The minimum absolute atomic E-state index is 0.0634. The zero-order valence-electron chi connectivity index (χ0n) is 8.11. The Labute approximate surface area is 85.7 Å². The second kappa shape index (κ2) is 3.74. The molecule has 1 radical (unpaired) electrons. The van der Waals surface area contributed by atoms with Crippen molar-refractivity contribution in [2.45, 2.75) is 6.54 Å². The van der Waals surface area contributed by atoms with Crippen molar-refractivity contribution < 1.29 is 4.39 Å². The van der Waals surface area contributed by atoms with Crippen LogP contribution in [0.2, 0.25) is 0 Å². The maximum Gasteiger partial charge on any atom is 0.205 e. The fraction of sp³-hybridized carbons (Fsp3) is 0.222. The molecule has 2 aromatic rings. The van der Waals surface area contributed by atoms with Gasteiger partial charge in [-0.25, -0.2) is 4.39 Å². The van der Waals surface area contributed by atoms with Gasteiger partial charge in [-0.2, -0.15) is 4.80 Å². The Kier molecular flexibility index (Phi) is 2.42. The van der Waals surface area contributed by atoms with Crippen molar-refractivity contribution in [3.8, 4) is 11.4 Å². The minimum Gasteiger partial charge on any atom is -0.253 e. The SMILES string of the molecule is Cn1nnc(-c2cc(F)ccc2C[NH])n1. The van der Waals surface area contributed by atoms with Crippen molar-refractivity contribution in [3.63, 3.8) is 0 Å². The maximum atomic E-state index is 13.0. The Morgan fingerprint density at radius 3 is 2.87 bits per heavy atom. The molecule has 0 aliphatic carbocycles. The predicted octanol–water partition coefficient (Wildman–Crippen LogP) is 0.799. The topological polar surface area (TPSA) is 67.4 Å². The first-order valence-electron chi connectivity index (χ1n) is 4.38. The molecular weight excluding hydrogens is 197 g/mol. The number of hydrogen-bond acceptors (Lipinski definition) is 3. The van der Waals surface area contributed by atoms with E-state index in [2.05, 4.69) is 15.4 Å². The van der Waals surface area contributed by atoms with Crippen LogP contribution >= 0.6 is 0 Å². The average molecular weight is 206 g/mol. The van der Waals surface area contributed by atoms with Crippen molar-refractivity contribution in [1.29, 1.82) is 0 Å². The molecule has 0 spiro atoms. The summed E-state index contributed by atoms with van der Waals surface area (Å²) in [5.74, 6) is -0.0195. The summed E-state index contributed by atoms with van der Waals surface area (Å²) in [4.78, 5) is 1.30. The van der Waals surface area contributed by atoms with Gasteiger partial charge in [0.2, 0.25) is 5.82 Å². The Morgan fingerprint density at radius 2 is 2.27 bits per heavy atom. The monoisotopic (exact) mass is 206 g/mol. The summed E-state index contributed by atoms with van der Waals surface area (Å²) >= 11 is 0. The van der Waals surface area contributed by atoms with Gasteiger partial charge in [0.15, 0.2) is 0 Å². The van der Waals surface area contributed by atoms with Crippen molar-refractivity contribution in [3.05, 3.63) is 29.6 Å². The molecule has 0 saturated carbocycles. The van der Waals surface area contributed by atoms with Gasteiger partial charge in [-0.05, 0) is 22.9 Å². The highest BCUT2D eigenvalue weighted by atomic mass is 19.1. The number of halogens is 1. The van der Waals surface area contributed by atoms with Gasteiger partial charge in [0, 0.05) is 12.1 Å². The first kappa shape index (κ1) is 9.72. The van der Waals surface area contributed by atoms with Gasteiger partial charge in [0.05, 0.1) is 7.05 Å². The number of rotatable bonds is 2. The summed E-state index contributed by atoms with van der Waals surface area (Å²) in [7, 11) is 1.64. The molecule has 15 heavy (non-hydrogen) atoms. The molecule has 0 atom stereocenters. The number of aryl methyl sites for hydroxylation is 1. The first-order valence-corrected chi connectivity index (χ1v) is 4.38. The van der Waals surface area contributed by atoms with Crippen molar-refractivity contribution in [2.75, 3.05) is 0 Å². The lowest BCUT2D eigenvalue weighted by atomic mass is 10.1. The summed E-state index contributed by atoms with van der Waals surface area (Å²) in [6.45, 7) is 0.0634. The zero-order valence-corrected chi connectivity index (χ0v) is 8.11. The number of nitrogens with one attached hydrogen (secondary N) is 1. The van der Waals surface area contributed by atoms with Gasteiger partial charge >= 0.3 is 0 Å². The van der Waals surface area contributed by atoms with E-state index in [1.165, 1.54) is 16.9 Å². The Hall–Kier alpha value is -1.82. The van der Waals surface area contributed by atoms with Crippen LogP contribution in [-0.4, -0.2) is 20.2 Å². The van der Waals surface area contributed by atoms with E-state index in [9.17, 15) is 4.39 Å². The summed E-state index contributed by atoms with van der Waals surface area (Å²) in [6.07, 6.45) is 0. The second-order valence-electron chi connectivity index (χ2n) is 3.08. The van der Waals surface area contributed by atoms with E-state index in [1.54, 1.807) is 13.1 Å². The second-order valence-corrected chi connectivity index (χ2v) is 3.08. The maximum absolute atomic E-state index is 13.0. The third-order valence-corrected chi connectivity index (χ3v) is 2.01. The van der Waals surface area contributed by atoms with Gasteiger partial charge < -0.3 is 0 Å². The fourth-order valence-electron chi connectivity index (χ4n) is 1.30. The highest BCUT2D eigenvalue weighted by molar-refractivity contribution is 5.59. The number of nitrogens with zero attached hydrogens (tertiary/aromatic N) is 4. The molecular formula is C9H9FN5. The predicted molar refractivity (Wildman–Crippen MR) is 51.0 cm³/mol. The number of hydrogen-bond donors (Lipinski definition) is 0. The smallest absolute Gasteiger partial charge is 0.205 e. The molecule has 77 valence electrons. The van der Waals surface area contributed by atoms with Crippen LogP contribution in [0.4, 0.5) is 4.39 Å². The molecule has 0 aliphatic heterocycles. The van der Waals surface area contributed by atoms with Gasteiger partial charge in [-0.3, -0.25) is 5.73 Å². The zero-order chi connectivity index (χ0) is 10.8. The van der Waals surface area contributed by atoms with Crippen LogP contribution < -0.4 is 5.73 Å². The fourth-order valence-corrected chi connectivity index (χ4v) is 1.30. The summed E-state index contributed by atoms with van der Waals surface area (Å²) in [5.41, 5.74) is 8.52. The summed E-state index contributed by atoms with van der Waals surface area (Å²) in [6, 6.07) is 4.21. The largest absolute Gasteiger partial charge is 0.253 e. The highest BCUT2D eigenvalue weighted by Crippen LogP contribution is 2.20. The molecule has 0 aliphatic rings. The van der Waals surface area contributed by atoms with E-state index in [0.29, 0.717) is 17.0 Å². The number of tetrazole rings is 1. The molecule has 0 fully saturated rings. The van der Waals surface area contributed by atoms with E-state index < -0.39 is 0 Å². The van der Waals surface area contributed by atoms with Crippen LogP contribution in [0.15, 0.2) is 18.2 Å². The highest BCUT2D eigenvalue weighted by Gasteiger charge is 2.10. The van der Waals surface area contributed by atoms with Crippen LogP contribution in [0.1, 0.15) is 5.56 Å². The molecule has 0 saturated heterocycles. The van der Waals surface area contributed by atoms with E-state index in [0.717, 1.165) is 0 Å². The Morgan fingerprint density at radius 1 is 1.47 bits per heavy atom. The molecule has 1 aromatic carbocycles. The third kappa shape index (κ3) is 1.84. The van der Waals surface area contributed by atoms with Crippen LogP contribution in [-0.2, 0) is 13.6 Å². The molecule has 1 heterocycles. The number of aromatic nitrogens is 4. The number of benzene rings is 1. The van der Waals surface area contributed by atoms with Crippen LogP contribution in [0.5, 0.6) is 0 Å². The van der Waals surface area contributed by atoms with Crippen LogP contribution in [0.25, 0.3) is 11.4 Å². The molecule has 0 amide bonds. The molecule has 5 nitrogen and oxygen atoms in total. The first-order chi connectivity index (χ1) is 7.20. The lowest BCUT2D eigenvalue weighted by Crippen LogP contribution is -1.95. The third-order valence-electron chi connectivity index (χ3n) is 2.01. The van der Waals surface area contributed by atoms with Gasteiger partial charge in [0.25, 0.3) is 0 Å². The molecule has 2 rings (SSSR count). The van der Waals surface area contributed by atoms with Gasteiger partial charge in [-0.1, -0.05) is 6.07 Å². The van der Waals surface area contributed by atoms with Crippen LogP contribution in [0, 0.1) is 5.82 Å². The van der Waals surface area contributed by atoms with Crippen LogP contribution in [0.3, 0.4) is 0 Å².